The molecule has 0 amide bonds. The van der Waals surface area contributed by atoms with Crippen molar-refractivity contribution in [1.29, 1.82) is 0 Å². The fourth-order valence-electron chi connectivity index (χ4n) is 2.04. The molecule has 0 aliphatic carbocycles. The van der Waals surface area contributed by atoms with E-state index in [9.17, 15) is 8.42 Å². The highest BCUT2D eigenvalue weighted by atomic mass is 32.2. The predicted molar refractivity (Wildman–Crippen MR) is 81.9 cm³/mol. The zero-order chi connectivity index (χ0) is 14.6. The van der Waals surface area contributed by atoms with Gasteiger partial charge in [-0.3, -0.25) is 0 Å². The smallest absolute Gasteiger partial charge is 0.191 e. The van der Waals surface area contributed by atoms with Gasteiger partial charge < -0.3 is 10.6 Å². The molecule has 1 atom stereocenters. The number of aliphatic imine (C=N–C) groups is 1. The highest BCUT2D eigenvalue weighted by Gasteiger charge is 2.28. The number of aromatic nitrogens is 1. The van der Waals surface area contributed by atoms with Crippen LogP contribution in [0.2, 0.25) is 0 Å². The Morgan fingerprint density at radius 3 is 2.95 bits per heavy atom. The summed E-state index contributed by atoms with van der Waals surface area (Å²) in [4.78, 5) is 9.88. The van der Waals surface area contributed by atoms with E-state index in [-0.39, 0.29) is 17.5 Å². The fourth-order valence-corrected chi connectivity index (χ4v) is 4.43. The quantitative estimate of drug-likeness (QED) is 0.631. The molecule has 2 N–H and O–H groups in total. The fraction of sp³-hybridized carbons (Fsp3) is 0.667. The monoisotopic (exact) mass is 316 g/mol. The van der Waals surface area contributed by atoms with E-state index in [1.807, 2.05) is 20.0 Å². The first-order chi connectivity index (χ1) is 9.48. The first-order valence-electron chi connectivity index (χ1n) is 6.65. The summed E-state index contributed by atoms with van der Waals surface area (Å²) in [7, 11) is -2.88. The molecule has 20 heavy (non-hydrogen) atoms. The molecule has 2 rings (SSSR count). The third kappa shape index (κ3) is 4.45. The second kappa shape index (κ2) is 6.53. The van der Waals surface area contributed by atoms with Gasteiger partial charge in [-0.05, 0) is 20.3 Å². The molecule has 8 heteroatoms. The number of nitrogens with zero attached hydrogens (tertiary/aromatic N) is 2. The number of hydrogen-bond donors (Lipinski definition) is 2. The van der Waals surface area contributed by atoms with E-state index in [4.69, 9.17) is 0 Å². The maximum atomic E-state index is 11.5. The van der Waals surface area contributed by atoms with Crippen molar-refractivity contribution in [2.45, 2.75) is 32.9 Å². The average molecular weight is 316 g/mol. The Labute approximate surface area is 123 Å². The van der Waals surface area contributed by atoms with Crippen molar-refractivity contribution >= 4 is 27.1 Å². The van der Waals surface area contributed by atoms with E-state index < -0.39 is 9.84 Å². The Balaban J connectivity index is 1.96. The third-order valence-electron chi connectivity index (χ3n) is 2.96. The van der Waals surface area contributed by atoms with Crippen molar-refractivity contribution < 1.29 is 8.42 Å². The van der Waals surface area contributed by atoms with Crippen molar-refractivity contribution in [2.24, 2.45) is 4.99 Å². The number of sulfone groups is 1. The highest BCUT2D eigenvalue weighted by Crippen LogP contribution is 2.13. The molecule has 0 radical (unpaired) electrons. The SMILES string of the molecule is CCNC(=NCc1ncc(C)s1)NC1CCS(=O)(=O)C1. The van der Waals surface area contributed by atoms with E-state index in [2.05, 4.69) is 20.6 Å². The van der Waals surface area contributed by atoms with Crippen molar-refractivity contribution in [2.75, 3.05) is 18.1 Å². The van der Waals surface area contributed by atoms with Gasteiger partial charge in [-0.15, -0.1) is 11.3 Å². The first kappa shape index (κ1) is 15.2. The van der Waals surface area contributed by atoms with E-state index in [1.54, 1.807) is 11.3 Å². The minimum Gasteiger partial charge on any atom is -0.357 e. The summed E-state index contributed by atoms with van der Waals surface area (Å²) in [6, 6.07) is -0.0455. The van der Waals surface area contributed by atoms with Crippen molar-refractivity contribution in [1.82, 2.24) is 15.6 Å². The summed E-state index contributed by atoms with van der Waals surface area (Å²) in [5, 5.41) is 7.28. The Morgan fingerprint density at radius 2 is 2.40 bits per heavy atom. The van der Waals surface area contributed by atoms with Gasteiger partial charge in [0.25, 0.3) is 0 Å². The number of rotatable bonds is 4. The van der Waals surface area contributed by atoms with Gasteiger partial charge >= 0.3 is 0 Å². The largest absolute Gasteiger partial charge is 0.357 e. The van der Waals surface area contributed by atoms with Gasteiger partial charge in [-0.25, -0.2) is 18.4 Å². The summed E-state index contributed by atoms with van der Waals surface area (Å²) in [5.74, 6) is 1.10. The molecule has 1 aromatic heterocycles. The molecule has 0 aromatic carbocycles. The van der Waals surface area contributed by atoms with Crippen LogP contribution in [0.15, 0.2) is 11.2 Å². The average Bonchev–Trinajstić information content (AvgIpc) is 2.93. The van der Waals surface area contributed by atoms with Crippen molar-refractivity contribution in [3.8, 4) is 0 Å². The number of nitrogens with one attached hydrogen (secondary N) is 2. The Hall–Kier alpha value is -1.15. The zero-order valence-corrected chi connectivity index (χ0v) is 13.4. The zero-order valence-electron chi connectivity index (χ0n) is 11.7. The minimum atomic E-state index is -2.88. The third-order valence-corrected chi connectivity index (χ3v) is 5.62. The first-order valence-corrected chi connectivity index (χ1v) is 9.29. The lowest BCUT2D eigenvalue weighted by molar-refractivity contribution is 0.599. The van der Waals surface area contributed by atoms with Gasteiger partial charge in [0.2, 0.25) is 0 Å². The molecule has 1 aliphatic heterocycles. The lowest BCUT2D eigenvalue weighted by atomic mass is 10.3. The molecule has 112 valence electrons. The van der Waals surface area contributed by atoms with Crippen LogP contribution in [0, 0.1) is 6.92 Å². The minimum absolute atomic E-state index is 0.0455. The van der Waals surface area contributed by atoms with Crippen LogP contribution in [-0.2, 0) is 16.4 Å². The molecule has 1 fully saturated rings. The molecule has 0 saturated carbocycles. The van der Waals surface area contributed by atoms with Crippen LogP contribution in [-0.4, -0.2) is 43.5 Å². The summed E-state index contributed by atoms with van der Waals surface area (Å²) in [6.07, 6.45) is 2.47. The van der Waals surface area contributed by atoms with E-state index in [1.165, 1.54) is 0 Å². The molecular weight excluding hydrogens is 296 g/mol. The second-order valence-corrected chi connectivity index (χ2v) is 8.35. The van der Waals surface area contributed by atoms with Gasteiger partial charge in [0, 0.05) is 23.7 Å². The van der Waals surface area contributed by atoms with Crippen LogP contribution in [0.5, 0.6) is 0 Å². The topological polar surface area (TPSA) is 83.4 Å². The van der Waals surface area contributed by atoms with Crippen LogP contribution in [0.4, 0.5) is 0 Å². The Bertz CT molecular complexity index is 580. The summed E-state index contributed by atoms with van der Waals surface area (Å²) < 4.78 is 22.9. The standard InChI is InChI=1S/C12H20N4O2S2/c1-3-13-12(15-7-11-14-6-9(2)19-11)16-10-4-5-20(17,18)8-10/h6,10H,3-5,7-8H2,1-2H3,(H2,13,15,16). The molecule has 1 aliphatic rings. The summed E-state index contributed by atoms with van der Waals surface area (Å²) in [5.41, 5.74) is 0. The second-order valence-electron chi connectivity index (χ2n) is 4.80. The molecule has 1 aromatic rings. The number of thiazole rings is 1. The van der Waals surface area contributed by atoms with Gasteiger partial charge in [0.15, 0.2) is 15.8 Å². The molecule has 1 unspecified atom stereocenters. The van der Waals surface area contributed by atoms with Crippen LogP contribution in [0.1, 0.15) is 23.2 Å². The highest BCUT2D eigenvalue weighted by molar-refractivity contribution is 7.91. The van der Waals surface area contributed by atoms with Crippen molar-refractivity contribution in [3.63, 3.8) is 0 Å². The predicted octanol–water partition coefficient (Wildman–Crippen LogP) is 0.694. The number of hydrogen-bond acceptors (Lipinski definition) is 5. The van der Waals surface area contributed by atoms with E-state index in [0.29, 0.717) is 18.9 Å². The number of aryl methyl sites for hydroxylation is 1. The normalized spacial score (nSPS) is 21.9. The van der Waals surface area contributed by atoms with Gasteiger partial charge in [-0.1, -0.05) is 0 Å². The van der Waals surface area contributed by atoms with Gasteiger partial charge in [-0.2, -0.15) is 0 Å². The van der Waals surface area contributed by atoms with Crippen LogP contribution in [0.3, 0.4) is 0 Å². The maximum absolute atomic E-state index is 11.5. The Kier molecular flexibility index (Phi) is 4.98. The lowest BCUT2D eigenvalue weighted by Crippen LogP contribution is -2.44. The van der Waals surface area contributed by atoms with Gasteiger partial charge in [0.05, 0.1) is 18.1 Å². The van der Waals surface area contributed by atoms with Crippen LogP contribution >= 0.6 is 11.3 Å². The molecule has 6 nitrogen and oxygen atoms in total. The molecule has 0 spiro atoms. The summed E-state index contributed by atoms with van der Waals surface area (Å²) >= 11 is 1.62. The lowest BCUT2D eigenvalue weighted by Gasteiger charge is -2.15. The Morgan fingerprint density at radius 1 is 1.60 bits per heavy atom. The molecule has 0 bridgehead atoms. The van der Waals surface area contributed by atoms with E-state index >= 15 is 0 Å². The molecule has 2 heterocycles. The maximum Gasteiger partial charge on any atom is 0.191 e. The molecule has 1 saturated heterocycles. The van der Waals surface area contributed by atoms with Gasteiger partial charge in [0.1, 0.15) is 5.01 Å². The van der Waals surface area contributed by atoms with Crippen LogP contribution in [0.25, 0.3) is 0 Å². The van der Waals surface area contributed by atoms with Crippen molar-refractivity contribution in [3.05, 3.63) is 16.1 Å². The molecular formula is C12H20N4O2S2. The van der Waals surface area contributed by atoms with Crippen LogP contribution < -0.4 is 10.6 Å². The van der Waals surface area contributed by atoms with E-state index in [0.717, 1.165) is 16.4 Å². The summed E-state index contributed by atoms with van der Waals surface area (Å²) in [6.45, 7) is 5.24. The number of guanidine groups is 1.